The second-order valence-electron chi connectivity index (χ2n) is 23.5. The van der Waals surface area contributed by atoms with Crippen LogP contribution in [0.5, 0.6) is 0 Å². The van der Waals surface area contributed by atoms with Crippen LogP contribution in [0.25, 0.3) is 132 Å². The van der Waals surface area contributed by atoms with Gasteiger partial charge >= 0.3 is 0 Å². The molecule has 2 atom stereocenters. The second kappa shape index (κ2) is 13.4. The molecule has 18 rings (SSSR count). The average molecular weight is 999 g/mol. The Hall–Kier alpha value is -7.76. The summed E-state index contributed by atoms with van der Waals surface area (Å²) in [7, 11) is -3.05. The normalized spacial score (nSPS) is 21.0. The second-order valence-corrected chi connectivity index (χ2v) is 30.5. The number of benzene rings is 11. The van der Waals surface area contributed by atoms with E-state index in [0.29, 0.717) is 0 Å². The van der Waals surface area contributed by atoms with Crippen molar-refractivity contribution >= 4 is 85.5 Å². The summed E-state index contributed by atoms with van der Waals surface area (Å²) in [6, 6.07) is 69.4. The minimum Gasteiger partial charge on any atom is -0.455 e. The van der Waals surface area contributed by atoms with Gasteiger partial charge in [-0.2, -0.15) is 20.1 Å². The summed E-state index contributed by atoms with van der Waals surface area (Å²) in [5.41, 5.74) is 25.1. The van der Waals surface area contributed by atoms with Gasteiger partial charge in [-0.25, -0.2) is 0 Å². The van der Waals surface area contributed by atoms with Gasteiger partial charge in [-0.3, -0.25) is 0 Å². The molecule has 2 aliphatic carbocycles. The van der Waals surface area contributed by atoms with Crippen molar-refractivity contribution in [2.75, 3.05) is 17.6 Å². The smallest absolute Gasteiger partial charge is 0.144 e. The van der Waals surface area contributed by atoms with E-state index in [-0.39, 0.29) is 10.8 Å². The third-order valence-corrected chi connectivity index (χ3v) is 28.1. The molecule has 0 fully saturated rings. The predicted octanol–water partition coefficient (Wildman–Crippen LogP) is 20.4. The number of para-hydroxylation sites is 2. The quantitative estimate of drug-likeness (QED) is 0.172. The van der Waals surface area contributed by atoms with Crippen LogP contribution in [0.1, 0.15) is 49.9 Å². The average Bonchev–Trinajstić information content (AvgIpc) is 4.35. The van der Waals surface area contributed by atoms with Gasteiger partial charge in [-0.05, 0) is 137 Å². The molecule has 0 N–H and O–H groups in total. The summed E-state index contributed by atoms with van der Waals surface area (Å²) in [6.07, 6.45) is 5.31. The Morgan fingerprint density at radius 1 is 0.360 bits per heavy atom. The van der Waals surface area contributed by atoms with Gasteiger partial charge < -0.3 is 8.83 Å². The van der Waals surface area contributed by atoms with Crippen molar-refractivity contribution < 1.29 is 8.83 Å². The molecule has 0 saturated heterocycles. The van der Waals surface area contributed by atoms with E-state index >= 15 is 0 Å². The molecule has 358 valence electrons. The van der Waals surface area contributed by atoms with Crippen molar-refractivity contribution in [3.05, 3.63) is 204 Å². The van der Waals surface area contributed by atoms with Crippen LogP contribution in [0.2, 0.25) is 0 Å². The van der Waals surface area contributed by atoms with E-state index in [9.17, 15) is 0 Å². The first kappa shape index (κ1) is 41.6. The van der Waals surface area contributed by atoms with Gasteiger partial charge in [0.2, 0.25) is 0 Å². The van der Waals surface area contributed by atoms with E-state index in [2.05, 4.69) is 222 Å². The zero-order valence-electron chi connectivity index (χ0n) is 42.7. The zero-order valence-corrected chi connectivity index (χ0v) is 44.3. The first-order valence-electron chi connectivity index (χ1n) is 26.4. The zero-order chi connectivity index (χ0) is 49.8. The lowest BCUT2D eigenvalue weighted by molar-refractivity contribution is 0.660. The largest absolute Gasteiger partial charge is 0.455 e. The van der Waals surface area contributed by atoms with Gasteiger partial charge in [0.25, 0.3) is 0 Å². The van der Waals surface area contributed by atoms with Gasteiger partial charge in [0, 0.05) is 79.3 Å². The number of furan rings is 2. The first-order valence-corrected chi connectivity index (χ1v) is 30.9. The Labute approximate surface area is 438 Å². The Balaban J connectivity index is 0.858. The summed E-state index contributed by atoms with van der Waals surface area (Å²) < 4.78 is 14.3. The van der Waals surface area contributed by atoms with E-state index in [4.69, 9.17) is 8.83 Å². The summed E-state index contributed by atoms with van der Waals surface area (Å²) in [6.45, 7) is 9.65. The van der Waals surface area contributed by atoms with Gasteiger partial charge in [-0.1, -0.05) is 173 Å². The molecule has 2 aromatic heterocycles. The fourth-order valence-corrected chi connectivity index (χ4v) is 27.3. The lowest BCUT2D eigenvalue weighted by Crippen LogP contribution is -2.15. The third kappa shape index (κ3) is 4.78. The van der Waals surface area contributed by atoms with Crippen LogP contribution in [-0.4, -0.2) is 17.6 Å². The van der Waals surface area contributed by atoms with Gasteiger partial charge in [0.05, 0.1) is 0 Å². The maximum atomic E-state index is 7.22. The number of hydrogen-bond donors (Lipinski definition) is 0. The van der Waals surface area contributed by atoms with E-state index in [1.54, 1.807) is 9.79 Å². The van der Waals surface area contributed by atoms with E-state index in [0.717, 1.165) is 27.4 Å². The van der Waals surface area contributed by atoms with Crippen molar-refractivity contribution in [3.8, 4) is 66.8 Å². The summed E-state index contributed by atoms with van der Waals surface area (Å²) in [4.78, 5) is 6.18. The van der Waals surface area contributed by atoms with Crippen LogP contribution in [-0.2, 0) is 10.8 Å². The van der Waals surface area contributed by atoms with Crippen molar-refractivity contribution in [1.29, 1.82) is 0 Å². The van der Waals surface area contributed by atoms with E-state index in [1.807, 2.05) is 0 Å². The summed E-state index contributed by atoms with van der Waals surface area (Å²) in [5.74, 6) is 0. The van der Waals surface area contributed by atoms with Crippen LogP contribution in [0.4, 0.5) is 0 Å². The first-order chi connectivity index (χ1) is 36.4. The molecule has 0 amide bonds. The minimum atomic E-state index is -1.53. The summed E-state index contributed by atoms with van der Waals surface area (Å²) in [5, 5.41) is 11.2. The lowest BCUT2D eigenvalue weighted by atomic mass is 9.81. The Bertz CT molecular complexity index is 4910. The van der Waals surface area contributed by atoms with Gasteiger partial charge in [0.1, 0.15) is 22.3 Å². The van der Waals surface area contributed by atoms with Crippen molar-refractivity contribution in [2.45, 2.75) is 58.1 Å². The highest BCUT2D eigenvalue weighted by Gasteiger charge is 2.55. The number of rotatable bonds is 2. The molecular formula is C71H50O2S2. The topological polar surface area (TPSA) is 26.3 Å². The molecule has 0 saturated carbocycles. The van der Waals surface area contributed by atoms with Gasteiger partial charge in [-0.15, -0.1) is 0 Å². The van der Waals surface area contributed by atoms with Crippen molar-refractivity contribution in [3.63, 3.8) is 0 Å². The molecule has 75 heavy (non-hydrogen) atoms. The third-order valence-electron chi connectivity index (χ3n) is 19.0. The Morgan fingerprint density at radius 3 is 1.40 bits per heavy atom. The monoisotopic (exact) mass is 998 g/mol. The van der Waals surface area contributed by atoms with Crippen LogP contribution in [0.3, 0.4) is 0 Å². The van der Waals surface area contributed by atoms with Crippen molar-refractivity contribution in [1.82, 2.24) is 0 Å². The Morgan fingerprint density at radius 2 is 0.813 bits per heavy atom. The van der Waals surface area contributed by atoms with Crippen molar-refractivity contribution in [2.24, 2.45) is 0 Å². The lowest BCUT2D eigenvalue weighted by Gasteiger charge is -2.36. The minimum absolute atomic E-state index is 0.153. The molecule has 0 bridgehead atoms. The van der Waals surface area contributed by atoms with E-state index < -0.39 is 20.1 Å². The maximum absolute atomic E-state index is 7.22. The highest BCUT2D eigenvalue weighted by atomic mass is 32.3. The fourth-order valence-electron chi connectivity index (χ4n) is 15.6. The number of hydrogen-bond acceptors (Lipinski definition) is 2. The number of fused-ring (bicyclic) bond motifs is 24. The van der Waals surface area contributed by atoms with Crippen LogP contribution < -0.4 is 0 Å². The molecule has 5 aliphatic rings. The highest BCUT2D eigenvalue weighted by Crippen LogP contribution is 2.90. The molecule has 0 radical (unpaired) electrons. The fraction of sp³-hybridized carbons (Fsp3) is 0.127. The predicted molar refractivity (Wildman–Crippen MR) is 318 cm³/mol. The van der Waals surface area contributed by atoms with Crippen LogP contribution in [0, 0.1) is 0 Å². The molecule has 0 spiro atoms. The molecule has 2 unspecified atom stereocenters. The van der Waals surface area contributed by atoms with Crippen LogP contribution >= 0.6 is 20.1 Å². The molecule has 2 nitrogen and oxygen atoms in total. The summed E-state index contributed by atoms with van der Waals surface area (Å²) >= 11 is 0. The highest BCUT2D eigenvalue weighted by molar-refractivity contribution is 8.51. The molecule has 4 heteroatoms. The van der Waals surface area contributed by atoms with Gasteiger partial charge in [0.15, 0.2) is 0 Å². The molecule has 13 aromatic rings. The molecule has 11 aromatic carbocycles. The Kier molecular flexibility index (Phi) is 7.41. The molecule has 3 aliphatic heterocycles. The molecular weight excluding hydrogens is 949 g/mol. The van der Waals surface area contributed by atoms with Crippen LogP contribution in [0.15, 0.2) is 210 Å². The standard InChI is InChI=1S/C71H50O2S2/c1-70(2)52-31-25-38-15-7-9-17-42(38)60(52)44-27-23-40(33-54(44)70)50-35-59-64(67-62(50)46-19-11-13-21-56(46)73-67)49-30-29-48-63-58(74(5)37-75(59,6)69(49)68(48)74)36-51(66-65(63)47-20-12-14-22-57(47)72-66)41-24-28-45-55(34-41)71(3,4)53-32-26-39-16-8-10-18-43(39)61(45)53/h7-36H,37H2,1-6H3. The molecule has 5 heterocycles. The van der Waals surface area contributed by atoms with E-state index in [1.165, 1.54) is 142 Å². The maximum Gasteiger partial charge on any atom is 0.144 e. The SMILES string of the molecule is CC1(C)c2cc(-c3cc4c(c5c3oc3ccccc35)-c3ccc5c6c3S4(C)CS6(C)c3cc(-c4ccc6c(c4)C(C)(C)c4ccc7ccccc7c4-6)c4c(oc6ccccc64)c3-5)ccc2-c2c1ccc1ccccc21.